The number of hydrogen-bond donors (Lipinski definition) is 0. The average Bonchev–Trinajstić information content (AvgIpc) is 3.55. The van der Waals surface area contributed by atoms with E-state index in [0.29, 0.717) is 12.5 Å². The molecule has 3 heterocycles. The normalized spacial score (nSPS) is 19.5. The van der Waals surface area contributed by atoms with E-state index < -0.39 is 0 Å². The van der Waals surface area contributed by atoms with Crippen molar-refractivity contribution in [1.82, 2.24) is 19.7 Å². The maximum Gasteiger partial charge on any atom is 0.195 e. The number of benzene rings is 2. The van der Waals surface area contributed by atoms with Crippen molar-refractivity contribution in [1.29, 1.82) is 0 Å². The molecule has 1 aromatic heterocycles. The fourth-order valence-corrected chi connectivity index (χ4v) is 5.82. The molecule has 2 aliphatic heterocycles. The number of thioether (sulfide) groups is 1. The average molecular weight is 483 g/mol. The first-order valence-corrected chi connectivity index (χ1v) is 13.0. The van der Waals surface area contributed by atoms with E-state index in [1.54, 1.807) is 24.9 Å². The van der Waals surface area contributed by atoms with Crippen molar-refractivity contribution < 1.29 is 13.9 Å². The van der Waals surface area contributed by atoms with Crippen LogP contribution < -0.4 is 4.74 Å². The molecule has 0 aliphatic carbocycles. The van der Waals surface area contributed by atoms with Gasteiger partial charge in [-0.1, -0.05) is 36.0 Å². The number of halogens is 1. The summed E-state index contributed by atoms with van der Waals surface area (Å²) < 4.78 is 27.6. The Kier molecular flexibility index (Phi) is 7.47. The lowest BCUT2D eigenvalue weighted by Gasteiger charge is -2.31. The Balaban J connectivity index is 1.34. The Morgan fingerprint density at radius 2 is 1.94 bits per heavy atom. The van der Waals surface area contributed by atoms with Crippen LogP contribution in [0.1, 0.15) is 43.0 Å². The first kappa shape index (κ1) is 23.3. The zero-order valence-corrected chi connectivity index (χ0v) is 20.3. The van der Waals surface area contributed by atoms with Gasteiger partial charge in [-0.3, -0.25) is 9.47 Å². The maximum atomic E-state index is 14.1. The van der Waals surface area contributed by atoms with Crippen molar-refractivity contribution in [2.75, 3.05) is 32.6 Å². The molecule has 2 aliphatic rings. The zero-order chi connectivity index (χ0) is 23.3. The number of ether oxygens (including phenoxy) is 2. The molecule has 3 aromatic rings. The lowest BCUT2D eigenvalue weighted by Crippen LogP contribution is -2.33. The van der Waals surface area contributed by atoms with Crippen LogP contribution in [0, 0.1) is 5.82 Å². The van der Waals surface area contributed by atoms with E-state index in [-0.39, 0.29) is 11.9 Å². The van der Waals surface area contributed by atoms with Crippen molar-refractivity contribution in [3.05, 3.63) is 65.7 Å². The molecule has 0 spiro atoms. The minimum absolute atomic E-state index is 0.129. The van der Waals surface area contributed by atoms with Crippen LogP contribution in [-0.4, -0.2) is 58.3 Å². The van der Waals surface area contributed by atoms with Gasteiger partial charge >= 0.3 is 0 Å². The summed E-state index contributed by atoms with van der Waals surface area (Å²) in [5.74, 6) is 2.85. The molecule has 34 heavy (non-hydrogen) atoms. The molecular formula is C26H31FN4O2S. The van der Waals surface area contributed by atoms with Gasteiger partial charge in [-0.05, 0) is 57.0 Å². The smallest absolute Gasteiger partial charge is 0.195 e. The predicted octanol–water partition coefficient (Wildman–Crippen LogP) is 5.07. The summed E-state index contributed by atoms with van der Waals surface area (Å²) in [6.45, 7) is 3.31. The van der Waals surface area contributed by atoms with Crippen molar-refractivity contribution in [2.45, 2.75) is 49.4 Å². The molecule has 0 bridgehead atoms. The van der Waals surface area contributed by atoms with Gasteiger partial charge in [0.1, 0.15) is 17.4 Å². The minimum atomic E-state index is -0.129. The Bertz CT molecular complexity index is 1090. The highest BCUT2D eigenvalue weighted by atomic mass is 32.2. The standard InChI is InChI=1S/C26H31FN4O2S/c1-32-22-8-4-7-21(16-22)31-25(28-29-26(31)34-18-23-9-5-15-33-23)19-11-13-30(14-12-19)17-20-6-2-3-10-24(20)27/h2-4,6-8,10,16,19,23H,5,9,11-15,17-18H2,1H3/t23-/m0/s1. The number of piperidine rings is 1. The molecule has 2 aromatic carbocycles. The minimum Gasteiger partial charge on any atom is -0.497 e. The molecule has 0 amide bonds. The van der Waals surface area contributed by atoms with Crippen LogP contribution in [0.15, 0.2) is 53.7 Å². The second kappa shape index (κ2) is 10.9. The molecule has 8 heteroatoms. The van der Waals surface area contributed by atoms with E-state index in [1.165, 1.54) is 6.07 Å². The highest BCUT2D eigenvalue weighted by Gasteiger charge is 2.28. The number of hydrogen-bond acceptors (Lipinski definition) is 6. The summed E-state index contributed by atoms with van der Waals surface area (Å²) in [5, 5.41) is 10.2. The maximum absolute atomic E-state index is 14.1. The number of rotatable bonds is 8. The van der Waals surface area contributed by atoms with Gasteiger partial charge in [0.15, 0.2) is 5.16 Å². The first-order valence-electron chi connectivity index (χ1n) is 12.0. The van der Waals surface area contributed by atoms with Gasteiger partial charge in [-0.15, -0.1) is 10.2 Å². The molecule has 180 valence electrons. The lowest BCUT2D eigenvalue weighted by molar-refractivity contribution is 0.129. The summed E-state index contributed by atoms with van der Waals surface area (Å²) in [4.78, 5) is 2.33. The number of likely N-dealkylation sites (tertiary alicyclic amines) is 1. The van der Waals surface area contributed by atoms with E-state index in [0.717, 1.165) is 79.1 Å². The van der Waals surface area contributed by atoms with Gasteiger partial charge in [-0.25, -0.2) is 4.39 Å². The molecule has 0 N–H and O–H groups in total. The zero-order valence-electron chi connectivity index (χ0n) is 19.5. The Labute approximate surface area is 204 Å². The molecule has 2 fully saturated rings. The van der Waals surface area contributed by atoms with Crippen molar-refractivity contribution in [3.8, 4) is 11.4 Å². The molecule has 1 atom stereocenters. The third-order valence-electron chi connectivity index (χ3n) is 6.70. The van der Waals surface area contributed by atoms with Crippen LogP contribution in [0.4, 0.5) is 4.39 Å². The molecule has 0 saturated carbocycles. The molecule has 2 saturated heterocycles. The van der Waals surface area contributed by atoms with Gasteiger partial charge < -0.3 is 9.47 Å². The van der Waals surface area contributed by atoms with Gasteiger partial charge in [0, 0.05) is 36.5 Å². The molecule has 0 radical (unpaired) electrons. The van der Waals surface area contributed by atoms with Gasteiger partial charge in [0.25, 0.3) is 0 Å². The molecular weight excluding hydrogens is 451 g/mol. The van der Waals surface area contributed by atoms with Crippen molar-refractivity contribution in [3.63, 3.8) is 0 Å². The molecule has 6 nitrogen and oxygen atoms in total. The van der Waals surface area contributed by atoms with E-state index in [4.69, 9.17) is 9.47 Å². The fourth-order valence-electron chi connectivity index (χ4n) is 4.79. The summed E-state index contributed by atoms with van der Waals surface area (Å²) in [6.07, 6.45) is 4.45. The van der Waals surface area contributed by atoms with Crippen molar-refractivity contribution in [2.24, 2.45) is 0 Å². The van der Waals surface area contributed by atoms with Crippen LogP contribution >= 0.6 is 11.8 Å². The van der Waals surface area contributed by atoms with E-state index in [9.17, 15) is 4.39 Å². The first-order chi connectivity index (χ1) is 16.7. The Morgan fingerprint density at radius 3 is 2.71 bits per heavy atom. The van der Waals surface area contributed by atoms with E-state index in [1.807, 2.05) is 30.3 Å². The van der Waals surface area contributed by atoms with Gasteiger partial charge in [0.2, 0.25) is 0 Å². The largest absolute Gasteiger partial charge is 0.497 e. The third-order valence-corrected chi connectivity index (χ3v) is 7.76. The number of aromatic nitrogens is 3. The fraction of sp³-hybridized carbons (Fsp3) is 0.462. The van der Waals surface area contributed by atoms with Crippen molar-refractivity contribution >= 4 is 11.8 Å². The van der Waals surface area contributed by atoms with E-state index in [2.05, 4.69) is 25.7 Å². The van der Waals surface area contributed by atoms with Gasteiger partial charge in [0.05, 0.1) is 18.9 Å². The van der Waals surface area contributed by atoms with Crippen LogP contribution in [0.25, 0.3) is 5.69 Å². The summed E-state index contributed by atoms with van der Waals surface area (Å²) in [5.41, 5.74) is 1.77. The second-order valence-corrected chi connectivity index (χ2v) is 9.95. The number of nitrogens with zero attached hydrogens (tertiary/aromatic N) is 4. The quantitative estimate of drug-likeness (QED) is 0.418. The van der Waals surface area contributed by atoms with Gasteiger partial charge in [-0.2, -0.15) is 0 Å². The highest BCUT2D eigenvalue weighted by molar-refractivity contribution is 7.99. The SMILES string of the molecule is COc1cccc(-n2c(SC[C@@H]3CCCO3)nnc2C2CCN(Cc3ccccc3F)CC2)c1. The topological polar surface area (TPSA) is 52.4 Å². The van der Waals surface area contributed by atoms with Crippen LogP contribution in [0.3, 0.4) is 0 Å². The second-order valence-electron chi connectivity index (χ2n) is 8.97. The van der Waals surface area contributed by atoms with E-state index >= 15 is 0 Å². The predicted molar refractivity (Wildman–Crippen MR) is 131 cm³/mol. The summed E-state index contributed by atoms with van der Waals surface area (Å²) >= 11 is 1.71. The summed E-state index contributed by atoms with van der Waals surface area (Å²) in [6, 6.07) is 15.1. The summed E-state index contributed by atoms with van der Waals surface area (Å²) in [7, 11) is 1.69. The third kappa shape index (κ3) is 5.29. The number of methoxy groups -OCH3 is 1. The Hall–Kier alpha value is -2.42. The highest BCUT2D eigenvalue weighted by Crippen LogP contribution is 2.34. The molecule has 5 rings (SSSR count). The monoisotopic (exact) mass is 482 g/mol. The van der Waals surface area contributed by atoms with Crippen LogP contribution in [0.2, 0.25) is 0 Å². The Morgan fingerprint density at radius 1 is 1.09 bits per heavy atom. The molecule has 0 unspecified atom stereocenters. The van der Waals surface area contributed by atoms with Crippen LogP contribution in [-0.2, 0) is 11.3 Å². The lowest BCUT2D eigenvalue weighted by atomic mass is 9.95. The van der Waals surface area contributed by atoms with Crippen LogP contribution in [0.5, 0.6) is 5.75 Å².